The highest BCUT2D eigenvalue weighted by molar-refractivity contribution is 5.47. The summed E-state index contributed by atoms with van der Waals surface area (Å²) in [6.07, 6.45) is 1.84. The third-order valence-electron chi connectivity index (χ3n) is 3.53. The summed E-state index contributed by atoms with van der Waals surface area (Å²) in [5.74, 6) is 7.29. The van der Waals surface area contributed by atoms with E-state index in [1.54, 1.807) is 0 Å². The van der Waals surface area contributed by atoms with E-state index in [-0.39, 0.29) is 5.54 Å². The monoisotopic (exact) mass is 277 g/mol. The van der Waals surface area contributed by atoms with Crippen molar-refractivity contribution in [2.75, 3.05) is 18.1 Å². The third-order valence-corrected chi connectivity index (χ3v) is 3.53. The summed E-state index contributed by atoms with van der Waals surface area (Å²) < 4.78 is 0. The number of pyridine rings is 1. The molecule has 1 fully saturated rings. The summed E-state index contributed by atoms with van der Waals surface area (Å²) in [5.41, 5.74) is 2.11. The molecule has 3 nitrogen and oxygen atoms in total. The second kappa shape index (κ2) is 5.59. The van der Waals surface area contributed by atoms with Gasteiger partial charge in [-0.1, -0.05) is 30.0 Å². The molecule has 3 heteroatoms. The zero-order chi connectivity index (χ0) is 14.7. The Balaban J connectivity index is 1.72. The second-order valence-electron chi connectivity index (χ2n) is 5.94. The minimum Gasteiger partial charge on any atom is -0.342 e. The number of benzene rings is 1. The van der Waals surface area contributed by atoms with Gasteiger partial charge in [-0.25, -0.2) is 4.98 Å². The molecule has 21 heavy (non-hydrogen) atoms. The average Bonchev–Trinajstić information content (AvgIpc) is 2.87. The Morgan fingerprint density at radius 3 is 2.43 bits per heavy atom. The van der Waals surface area contributed by atoms with Crippen LogP contribution >= 0.6 is 0 Å². The predicted octanol–water partition coefficient (Wildman–Crippen LogP) is 2.63. The Labute approximate surface area is 126 Å². The summed E-state index contributed by atoms with van der Waals surface area (Å²) in [6, 6.07) is 14.1. The number of nitrogens with one attached hydrogen (secondary N) is 1. The van der Waals surface area contributed by atoms with Gasteiger partial charge in [-0.3, -0.25) is 5.32 Å². The van der Waals surface area contributed by atoms with Gasteiger partial charge in [-0.15, -0.1) is 0 Å². The van der Waals surface area contributed by atoms with Crippen molar-refractivity contribution >= 4 is 5.82 Å². The van der Waals surface area contributed by atoms with E-state index < -0.39 is 0 Å². The molecule has 1 aliphatic heterocycles. The molecule has 1 N–H and O–H groups in total. The van der Waals surface area contributed by atoms with E-state index >= 15 is 0 Å². The standard InChI is InChI=1S/C18H19N3/c1-18(2)13-21(14-20-18)17-11-10-16(12-19-17)9-8-15-6-4-3-5-7-15/h3-7,10-12,20H,13-14H2,1-2H3. The van der Waals surface area contributed by atoms with Gasteiger partial charge in [0.1, 0.15) is 5.82 Å². The lowest BCUT2D eigenvalue weighted by atomic mass is 10.1. The summed E-state index contributed by atoms with van der Waals surface area (Å²) in [5, 5.41) is 3.46. The first-order valence-electron chi connectivity index (χ1n) is 7.16. The molecule has 0 bridgehead atoms. The molecule has 1 aromatic carbocycles. The van der Waals surface area contributed by atoms with E-state index in [0.29, 0.717) is 0 Å². The lowest BCUT2D eigenvalue weighted by molar-refractivity contribution is 0.488. The van der Waals surface area contributed by atoms with Crippen LogP contribution in [0.1, 0.15) is 25.0 Å². The molecular formula is C18H19N3. The minimum atomic E-state index is 0.146. The van der Waals surface area contributed by atoms with Crippen LogP contribution < -0.4 is 10.2 Å². The van der Waals surface area contributed by atoms with Crippen molar-refractivity contribution < 1.29 is 0 Å². The fourth-order valence-electron chi connectivity index (χ4n) is 2.37. The fraction of sp³-hybridized carbons (Fsp3) is 0.278. The number of rotatable bonds is 1. The lowest BCUT2D eigenvalue weighted by Gasteiger charge is -2.19. The zero-order valence-electron chi connectivity index (χ0n) is 12.4. The average molecular weight is 277 g/mol. The number of nitrogens with zero attached hydrogens (tertiary/aromatic N) is 2. The Kier molecular flexibility index (Phi) is 3.64. The van der Waals surface area contributed by atoms with Crippen LogP contribution in [0.25, 0.3) is 0 Å². The van der Waals surface area contributed by atoms with Crippen LogP contribution in [-0.4, -0.2) is 23.7 Å². The number of anilines is 1. The quantitative estimate of drug-likeness (QED) is 0.812. The maximum atomic E-state index is 4.52. The molecule has 0 aliphatic carbocycles. The molecule has 0 spiro atoms. The van der Waals surface area contributed by atoms with Crippen molar-refractivity contribution in [2.24, 2.45) is 0 Å². The molecule has 0 atom stereocenters. The zero-order valence-corrected chi connectivity index (χ0v) is 12.4. The van der Waals surface area contributed by atoms with Gasteiger partial charge in [0.25, 0.3) is 0 Å². The van der Waals surface area contributed by atoms with Gasteiger partial charge in [0.2, 0.25) is 0 Å². The van der Waals surface area contributed by atoms with Crippen LogP contribution in [0.3, 0.4) is 0 Å². The topological polar surface area (TPSA) is 28.2 Å². The van der Waals surface area contributed by atoms with Gasteiger partial charge >= 0.3 is 0 Å². The largest absolute Gasteiger partial charge is 0.342 e. The van der Waals surface area contributed by atoms with E-state index in [2.05, 4.69) is 40.9 Å². The molecule has 106 valence electrons. The Morgan fingerprint density at radius 2 is 1.81 bits per heavy atom. The van der Waals surface area contributed by atoms with Crippen molar-refractivity contribution in [3.8, 4) is 11.8 Å². The van der Waals surface area contributed by atoms with Gasteiger partial charge in [-0.05, 0) is 38.1 Å². The first-order chi connectivity index (χ1) is 10.1. The highest BCUT2D eigenvalue weighted by Crippen LogP contribution is 2.19. The highest BCUT2D eigenvalue weighted by atomic mass is 15.3. The first kappa shape index (κ1) is 13.7. The minimum absolute atomic E-state index is 0.146. The van der Waals surface area contributed by atoms with Crippen molar-refractivity contribution in [2.45, 2.75) is 19.4 Å². The molecule has 3 rings (SSSR count). The maximum Gasteiger partial charge on any atom is 0.129 e. The fourth-order valence-corrected chi connectivity index (χ4v) is 2.37. The summed E-state index contributed by atoms with van der Waals surface area (Å²) in [7, 11) is 0. The first-order valence-corrected chi connectivity index (χ1v) is 7.16. The van der Waals surface area contributed by atoms with Crippen LogP contribution in [0.2, 0.25) is 0 Å². The molecule has 0 saturated carbocycles. The maximum absolute atomic E-state index is 4.52. The summed E-state index contributed by atoms with van der Waals surface area (Å²) in [4.78, 5) is 6.77. The Morgan fingerprint density at radius 1 is 1.05 bits per heavy atom. The molecule has 1 saturated heterocycles. The molecule has 1 aliphatic rings. The predicted molar refractivity (Wildman–Crippen MR) is 86.1 cm³/mol. The summed E-state index contributed by atoms with van der Waals surface area (Å²) in [6.45, 7) is 6.21. The van der Waals surface area contributed by atoms with Crippen LogP contribution in [0.4, 0.5) is 5.82 Å². The molecule has 2 heterocycles. The van der Waals surface area contributed by atoms with Gasteiger partial charge in [0.05, 0.1) is 6.67 Å². The molecule has 2 aromatic rings. The van der Waals surface area contributed by atoms with Crippen molar-refractivity contribution in [3.63, 3.8) is 0 Å². The number of aromatic nitrogens is 1. The van der Waals surface area contributed by atoms with Crippen LogP contribution in [0.5, 0.6) is 0 Å². The highest BCUT2D eigenvalue weighted by Gasteiger charge is 2.28. The van der Waals surface area contributed by atoms with Crippen LogP contribution in [0, 0.1) is 11.8 Å². The van der Waals surface area contributed by atoms with Gasteiger partial charge in [0, 0.05) is 29.4 Å². The molecule has 1 aromatic heterocycles. The van der Waals surface area contributed by atoms with Crippen molar-refractivity contribution in [1.82, 2.24) is 10.3 Å². The van der Waals surface area contributed by atoms with E-state index in [1.165, 1.54) is 0 Å². The molecule has 0 amide bonds. The molecule has 0 radical (unpaired) electrons. The van der Waals surface area contributed by atoms with Gasteiger partial charge < -0.3 is 4.90 Å². The van der Waals surface area contributed by atoms with Gasteiger partial charge in [0.15, 0.2) is 0 Å². The second-order valence-corrected chi connectivity index (χ2v) is 5.94. The third kappa shape index (κ3) is 3.42. The van der Waals surface area contributed by atoms with Gasteiger partial charge in [-0.2, -0.15) is 0 Å². The Hall–Kier alpha value is -2.31. The van der Waals surface area contributed by atoms with Crippen LogP contribution in [0.15, 0.2) is 48.7 Å². The van der Waals surface area contributed by atoms with E-state index in [0.717, 1.165) is 30.2 Å². The van der Waals surface area contributed by atoms with Crippen molar-refractivity contribution in [3.05, 3.63) is 59.8 Å². The van der Waals surface area contributed by atoms with Crippen molar-refractivity contribution in [1.29, 1.82) is 0 Å². The smallest absolute Gasteiger partial charge is 0.129 e. The van der Waals surface area contributed by atoms with E-state index in [9.17, 15) is 0 Å². The molecular weight excluding hydrogens is 258 g/mol. The van der Waals surface area contributed by atoms with Crippen LogP contribution in [-0.2, 0) is 0 Å². The number of hydrogen-bond acceptors (Lipinski definition) is 3. The Bertz CT molecular complexity index is 663. The lowest BCUT2D eigenvalue weighted by Crippen LogP contribution is -2.34. The summed E-state index contributed by atoms with van der Waals surface area (Å²) >= 11 is 0. The van der Waals surface area contributed by atoms with E-state index in [1.807, 2.05) is 48.7 Å². The molecule has 0 unspecified atom stereocenters. The SMILES string of the molecule is CC1(C)CN(c2ccc(C#Cc3ccccc3)cn2)CN1. The normalized spacial score (nSPS) is 16.4. The number of hydrogen-bond donors (Lipinski definition) is 1. The van der Waals surface area contributed by atoms with E-state index in [4.69, 9.17) is 0 Å².